The molecule has 1 atom stereocenters. The van der Waals surface area contributed by atoms with E-state index in [1.807, 2.05) is 0 Å². The fourth-order valence-corrected chi connectivity index (χ4v) is 4.65. The van der Waals surface area contributed by atoms with Gasteiger partial charge in [-0.3, -0.25) is 0 Å². The largest absolute Gasteiger partial charge is 0.303 e. The standard InChI is InChI=1S/C15H25N3O4S2/c1-13-5-3-9-18(12-13)10-4-8-17-24(21,22)15-7-2-6-14(11-15)23(16,19)20/h2,6-7,11,13,17H,3-5,8-10,12H2,1H3,(H2,16,19,20). The molecule has 1 aromatic carbocycles. The lowest BCUT2D eigenvalue weighted by Gasteiger charge is -2.30. The zero-order valence-corrected chi connectivity index (χ0v) is 15.4. The van der Waals surface area contributed by atoms with E-state index >= 15 is 0 Å². The number of nitrogens with zero attached hydrogens (tertiary/aromatic N) is 1. The van der Waals surface area contributed by atoms with Crippen LogP contribution in [0.25, 0.3) is 0 Å². The number of hydrogen-bond donors (Lipinski definition) is 2. The van der Waals surface area contributed by atoms with Gasteiger partial charge in [0, 0.05) is 13.1 Å². The molecule has 3 N–H and O–H groups in total. The van der Waals surface area contributed by atoms with Crippen molar-refractivity contribution in [3.05, 3.63) is 24.3 Å². The van der Waals surface area contributed by atoms with Crippen molar-refractivity contribution in [1.29, 1.82) is 0 Å². The number of nitrogens with one attached hydrogen (secondary N) is 1. The number of sulfonamides is 2. The quantitative estimate of drug-likeness (QED) is 0.683. The maximum atomic E-state index is 12.3. The van der Waals surface area contributed by atoms with Crippen molar-refractivity contribution in [3.8, 4) is 0 Å². The Morgan fingerprint density at radius 3 is 2.62 bits per heavy atom. The van der Waals surface area contributed by atoms with Gasteiger partial charge in [-0.25, -0.2) is 26.7 Å². The number of nitrogens with two attached hydrogens (primary N) is 1. The lowest BCUT2D eigenvalue weighted by atomic mass is 10.0. The lowest BCUT2D eigenvalue weighted by Crippen LogP contribution is -2.36. The summed E-state index contributed by atoms with van der Waals surface area (Å²) >= 11 is 0. The van der Waals surface area contributed by atoms with Crippen molar-refractivity contribution in [3.63, 3.8) is 0 Å². The van der Waals surface area contributed by atoms with E-state index in [9.17, 15) is 16.8 Å². The number of benzene rings is 1. The summed E-state index contributed by atoms with van der Waals surface area (Å²) in [6.07, 6.45) is 3.15. The van der Waals surface area contributed by atoms with Gasteiger partial charge in [-0.2, -0.15) is 0 Å². The maximum Gasteiger partial charge on any atom is 0.240 e. The van der Waals surface area contributed by atoms with Crippen molar-refractivity contribution in [2.45, 2.75) is 36.0 Å². The summed E-state index contributed by atoms with van der Waals surface area (Å²) in [5.74, 6) is 0.691. The van der Waals surface area contributed by atoms with E-state index < -0.39 is 20.0 Å². The Morgan fingerprint density at radius 1 is 1.25 bits per heavy atom. The van der Waals surface area contributed by atoms with Gasteiger partial charge in [0.1, 0.15) is 0 Å². The van der Waals surface area contributed by atoms with E-state index in [1.165, 1.54) is 31.0 Å². The Bertz CT molecular complexity index is 763. The molecule has 0 aromatic heterocycles. The van der Waals surface area contributed by atoms with Crippen LogP contribution < -0.4 is 9.86 Å². The van der Waals surface area contributed by atoms with Gasteiger partial charge in [0.15, 0.2) is 0 Å². The highest BCUT2D eigenvalue weighted by atomic mass is 32.2. The molecule has 0 radical (unpaired) electrons. The summed E-state index contributed by atoms with van der Waals surface area (Å²) < 4.78 is 49.7. The fraction of sp³-hybridized carbons (Fsp3) is 0.600. The van der Waals surface area contributed by atoms with Crippen LogP contribution in [0.1, 0.15) is 26.2 Å². The van der Waals surface area contributed by atoms with Gasteiger partial charge in [-0.1, -0.05) is 13.0 Å². The molecule has 0 spiro atoms. The maximum absolute atomic E-state index is 12.3. The molecule has 1 fully saturated rings. The summed E-state index contributed by atoms with van der Waals surface area (Å²) in [6.45, 7) is 5.51. The van der Waals surface area contributed by atoms with Gasteiger partial charge >= 0.3 is 0 Å². The fourth-order valence-electron chi connectivity index (χ4n) is 2.90. The second-order valence-corrected chi connectivity index (χ2v) is 9.65. The summed E-state index contributed by atoms with van der Waals surface area (Å²) in [4.78, 5) is 2.04. The molecular weight excluding hydrogens is 350 g/mol. The second-order valence-electron chi connectivity index (χ2n) is 6.32. The van der Waals surface area contributed by atoms with Gasteiger partial charge in [0.25, 0.3) is 0 Å². The molecule has 2 rings (SSSR count). The number of primary sulfonamides is 1. The minimum Gasteiger partial charge on any atom is -0.303 e. The Morgan fingerprint density at radius 2 is 1.96 bits per heavy atom. The van der Waals surface area contributed by atoms with Crippen LogP contribution >= 0.6 is 0 Å². The number of likely N-dealkylation sites (tertiary alicyclic amines) is 1. The predicted molar refractivity (Wildman–Crippen MR) is 92.5 cm³/mol. The third-order valence-corrected chi connectivity index (χ3v) is 6.50. The highest BCUT2D eigenvalue weighted by molar-refractivity contribution is 7.90. The normalized spacial score (nSPS) is 20.2. The minimum atomic E-state index is -3.93. The van der Waals surface area contributed by atoms with Crippen molar-refractivity contribution in [2.24, 2.45) is 11.1 Å². The molecule has 1 saturated heterocycles. The van der Waals surface area contributed by atoms with Gasteiger partial charge in [0.2, 0.25) is 20.0 Å². The third-order valence-electron chi connectivity index (χ3n) is 4.13. The SMILES string of the molecule is CC1CCCN(CCCNS(=O)(=O)c2cccc(S(N)(=O)=O)c2)C1. The molecule has 136 valence electrons. The average Bonchev–Trinajstić information content (AvgIpc) is 2.51. The Balaban J connectivity index is 1.90. The van der Waals surface area contributed by atoms with E-state index in [-0.39, 0.29) is 9.79 Å². The van der Waals surface area contributed by atoms with E-state index in [2.05, 4.69) is 16.5 Å². The predicted octanol–water partition coefficient (Wildman–Crippen LogP) is 0.734. The molecule has 1 aliphatic heterocycles. The first-order valence-electron chi connectivity index (χ1n) is 8.03. The van der Waals surface area contributed by atoms with Crippen LogP contribution in [-0.2, 0) is 20.0 Å². The van der Waals surface area contributed by atoms with Crippen molar-refractivity contribution in [2.75, 3.05) is 26.2 Å². The van der Waals surface area contributed by atoms with E-state index in [1.54, 1.807) is 0 Å². The highest BCUT2D eigenvalue weighted by Gasteiger charge is 2.18. The van der Waals surface area contributed by atoms with Crippen LogP contribution in [-0.4, -0.2) is 47.9 Å². The van der Waals surface area contributed by atoms with Crippen molar-refractivity contribution < 1.29 is 16.8 Å². The molecule has 1 aromatic rings. The third kappa shape index (κ3) is 5.52. The summed E-state index contributed by atoms with van der Waals surface area (Å²) in [5, 5.41) is 5.04. The van der Waals surface area contributed by atoms with Crippen molar-refractivity contribution >= 4 is 20.0 Å². The summed E-state index contributed by atoms with van der Waals surface area (Å²) in [7, 11) is -7.67. The number of rotatable bonds is 7. The number of hydrogen-bond acceptors (Lipinski definition) is 5. The molecule has 0 aliphatic carbocycles. The molecule has 0 bridgehead atoms. The smallest absolute Gasteiger partial charge is 0.240 e. The average molecular weight is 376 g/mol. The first-order chi connectivity index (χ1) is 11.2. The van der Waals surface area contributed by atoms with Gasteiger partial charge < -0.3 is 4.90 Å². The van der Waals surface area contributed by atoms with Crippen LogP contribution in [0, 0.1) is 5.92 Å². The zero-order valence-electron chi connectivity index (χ0n) is 13.8. The molecule has 7 nitrogen and oxygen atoms in total. The van der Waals surface area contributed by atoms with E-state index in [0.717, 1.165) is 25.7 Å². The molecular formula is C15H25N3O4S2. The zero-order chi connectivity index (χ0) is 17.8. The van der Waals surface area contributed by atoms with Gasteiger partial charge in [-0.15, -0.1) is 0 Å². The Hall–Kier alpha value is -1.00. The first kappa shape index (κ1) is 19.3. The van der Waals surface area contributed by atoms with Crippen LogP contribution in [0.15, 0.2) is 34.1 Å². The van der Waals surface area contributed by atoms with Crippen LogP contribution in [0.3, 0.4) is 0 Å². The van der Waals surface area contributed by atoms with E-state index in [4.69, 9.17) is 5.14 Å². The molecule has 0 amide bonds. The molecule has 24 heavy (non-hydrogen) atoms. The first-order valence-corrected chi connectivity index (χ1v) is 11.1. The minimum absolute atomic E-state index is 0.0966. The molecule has 9 heteroatoms. The molecule has 1 aliphatic rings. The summed E-state index contributed by atoms with van der Waals surface area (Å²) in [5.41, 5.74) is 0. The van der Waals surface area contributed by atoms with Crippen LogP contribution in [0.4, 0.5) is 0 Å². The highest BCUT2D eigenvalue weighted by Crippen LogP contribution is 2.16. The number of piperidine rings is 1. The van der Waals surface area contributed by atoms with Gasteiger partial charge in [-0.05, 0) is 56.5 Å². The Labute approximate surface area is 144 Å². The Kier molecular flexibility index (Phi) is 6.38. The van der Waals surface area contributed by atoms with Crippen LogP contribution in [0.5, 0.6) is 0 Å². The molecule has 1 heterocycles. The van der Waals surface area contributed by atoms with E-state index in [0.29, 0.717) is 18.9 Å². The molecule has 1 unspecified atom stereocenters. The summed E-state index contributed by atoms with van der Waals surface area (Å²) in [6, 6.07) is 5.06. The lowest BCUT2D eigenvalue weighted by molar-refractivity contribution is 0.182. The van der Waals surface area contributed by atoms with Gasteiger partial charge in [0.05, 0.1) is 9.79 Å². The van der Waals surface area contributed by atoms with Crippen molar-refractivity contribution in [1.82, 2.24) is 9.62 Å². The topological polar surface area (TPSA) is 110 Å². The second kappa shape index (κ2) is 7.92. The monoisotopic (exact) mass is 375 g/mol. The van der Waals surface area contributed by atoms with Crippen LogP contribution in [0.2, 0.25) is 0 Å². The molecule has 0 saturated carbocycles.